The van der Waals surface area contributed by atoms with Crippen LogP contribution in [0.15, 0.2) is 40.5 Å². The van der Waals surface area contributed by atoms with Gasteiger partial charge in [0.25, 0.3) is 11.5 Å². The van der Waals surface area contributed by atoms with Crippen LogP contribution in [0.4, 0.5) is 0 Å². The number of H-pyrrole nitrogens is 1. The monoisotopic (exact) mass is 302 g/mol. The molecule has 2 heterocycles. The first-order chi connectivity index (χ1) is 10.1. The maximum atomic E-state index is 11.5. The number of aromatic nitrogens is 1. The van der Waals surface area contributed by atoms with Crippen molar-refractivity contribution in [2.75, 3.05) is 5.75 Å². The van der Waals surface area contributed by atoms with Gasteiger partial charge in [0.15, 0.2) is 0 Å². The zero-order chi connectivity index (χ0) is 15.2. The van der Waals surface area contributed by atoms with Gasteiger partial charge in [-0.25, -0.2) is 0 Å². The second-order valence-corrected chi connectivity index (χ2v) is 5.70. The minimum atomic E-state index is -0.706. The van der Waals surface area contributed by atoms with Gasteiger partial charge >= 0.3 is 0 Å². The summed E-state index contributed by atoms with van der Waals surface area (Å²) in [6, 6.07) is 7.26. The number of carbonyl (C=O) groups is 1. The fourth-order valence-electron chi connectivity index (χ4n) is 1.99. The van der Waals surface area contributed by atoms with Crippen molar-refractivity contribution in [2.45, 2.75) is 19.8 Å². The number of pyridine rings is 1. The van der Waals surface area contributed by atoms with Gasteiger partial charge < -0.3 is 10.7 Å². The summed E-state index contributed by atoms with van der Waals surface area (Å²) in [6.45, 7) is 2.04. The molecule has 21 heavy (non-hydrogen) atoms. The van der Waals surface area contributed by atoms with Crippen LogP contribution < -0.4 is 11.3 Å². The number of carbonyl (C=O) groups excluding carboxylic acids is 1. The third-order valence-corrected chi connectivity index (χ3v) is 4.04. The van der Waals surface area contributed by atoms with Crippen LogP contribution in [0.5, 0.6) is 0 Å². The highest BCUT2D eigenvalue weighted by molar-refractivity contribution is 8.02. The molecule has 110 valence electrons. The largest absolute Gasteiger partial charge is 0.365 e. The quantitative estimate of drug-likeness (QED) is 0.895. The minimum absolute atomic E-state index is 0.00301. The average molecular weight is 302 g/mol. The van der Waals surface area contributed by atoms with E-state index in [4.69, 9.17) is 5.73 Å². The number of hydrogen-bond acceptors (Lipinski definition) is 3. The molecule has 3 N–H and O–H groups in total. The lowest BCUT2D eigenvalue weighted by atomic mass is 10.1. The van der Waals surface area contributed by atoms with Crippen molar-refractivity contribution in [3.05, 3.63) is 57.2 Å². The van der Waals surface area contributed by atoms with E-state index < -0.39 is 11.5 Å². The molecular weight excluding hydrogens is 284 g/mol. The van der Waals surface area contributed by atoms with Crippen LogP contribution in [0, 0.1) is 0 Å². The predicted octanol–water partition coefficient (Wildman–Crippen LogP) is 2.83. The van der Waals surface area contributed by atoms with Crippen molar-refractivity contribution in [3.63, 3.8) is 0 Å². The average Bonchev–Trinajstić information content (AvgIpc) is 3.05. The van der Waals surface area contributed by atoms with Crippen molar-refractivity contribution in [1.82, 2.24) is 4.98 Å². The molecule has 0 bridgehead atoms. The molecule has 1 aromatic carbocycles. The highest BCUT2D eigenvalue weighted by atomic mass is 32.2. The normalized spacial score (nSPS) is 13.0. The summed E-state index contributed by atoms with van der Waals surface area (Å²) in [5.74, 6) is 0.600. The minimum Gasteiger partial charge on any atom is -0.365 e. The third-order valence-electron chi connectivity index (χ3n) is 3.18. The van der Waals surface area contributed by atoms with Crippen molar-refractivity contribution < 1.29 is 4.79 Å². The number of benzene rings is 1. The first kappa shape index (κ1) is 15.4. The van der Waals surface area contributed by atoms with Gasteiger partial charge in [-0.15, -0.1) is 11.8 Å². The molecular formula is C16H18N2O2S. The van der Waals surface area contributed by atoms with E-state index in [-0.39, 0.29) is 5.56 Å². The summed E-state index contributed by atoms with van der Waals surface area (Å²) in [7, 11) is 0. The van der Waals surface area contributed by atoms with Crippen molar-refractivity contribution in [2.24, 2.45) is 5.73 Å². The number of fused-ring (bicyclic) bond motifs is 1. The summed E-state index contributed by atoms with van der Waals surface area (Å²) in [6.07, 6.45) is 4.38. The Morgan fingerprint density at radius 1 is 1.38 bits per heavy atom. The van der Waals surface area contributed by atoms with E-state index in [1.807, 2.05) is 36.9 Å². The maximum absolute atomic E-state index is 11.5. The van der Waals surface area contributed by atoms with E-state index in [0.717, 1.165) is 22.9 Å². The number of allylic oxidation sites excluding steroid dienone is 1. The number of aryl methyl sites for hydroxylation is 1. The molecule has 0 spiro atoms. The second kappa shape index (κ2) is 7.13. The van der Waals surface area contributed by atoms with Gasteiger partial charge in [-0.3, -0.25) is 9.59 Å². The number of nitrogens with one attached hydrogen (secondary N) is 1. The molecule has 1 aliphatic heterocycles. The highest BCUT2D eigenvalue weighted by Gasteiger charge is 2.07. The molecule has 2 aromatic rings. The Labute approximate surface area is 127 Å². The standard InChI is InChI=1S/C12H12N2O2.C4H6S/c1-2-7-3-4-8-6-9(11(13)15)12(16)14-10(8)5-7;1-2-4-5-3-1/h3-6H,2H2,1H3,(H2,13,15)(H,14,16);1,3H,2,4H2. The van der Waals surface area contributed by atoms with E-state index in [2.05, 4.69) is 16.5 Å². The number of aromatic amines is 1. The fourth-order valence-corrected chi connectivity index (χ4v) is 2.67. The van der Waals surface area contributed by atoms with Gasteiger partial charge in [-0.05, 0) is 41.3 Å². The summed E-state index contributed by atoms with van der Waals surface area (Å²) in [5, 5.41) is 2.96. The SMILES string of the molecule is C1=CSCC1.CCc1ccc2cc(C(N)=O)c(=O)[nH]c2c1. The van der Waals surface area contributed by atoms with Gasteiger partial charge in [-0.1, -0.05) is 25.1 Å². The van der Waals surface area contributed by atoms with Crippen LogP contribution >= 0.6 is 11.8 Å². The van der Waals surface area contributed by atoms with E-state index >= 15 is 0 Å². The van der Waals surface area contributed by atoms with Crippen LogP contribution in [-0.2, 0) is 6.42 Å². The number of primary amides is 1. The summed E-state index contributed by atoms with van der Waals surface area (Å²) < 4.78 is 0. The van der Waals surface area contributed by atoms with Gasteiger partial charge in [-0.2, -0.15) is 0 Å². The lowest BCUT2D eigenvalue weighted by molar-refractivity contribution is 0.0999. The van der Waals surface area contributed by atoms with E-state index in [1.165, 1.54) is 18.2 Å². The number of hydrogen-bond donors (Lipinski definition) is 2. The summed E-state index contributed by atoms with van der Waals surface area (Å²) in [5.41, 5.74) is 6.53. The molecule has 0 atom stereocenters. The zero-order valence-electron chi connectivity index (χ0n) is 11.9. The molecule has 0 saturated heterocycles. The van der Waals surface area contributed by atoms with Gasteiger partial charge in [0.05, 0.1) is 0 Å². The van der Waals surface area contributed by atoms with Crippen molar-refractivity contribution in [3.8, 4) is 0 Å². The smallest absolute Gasteiger partial charge is 0.261 e. The Hall–Kier alpha value is -2.01. The Balaban J connectivity index is 0.000000272. The second-order valence-electron chi connectivity index (χ2n) is 4.68. The first-order valence-electron chi connectivity index (χ1n) is 6.84. The molecule has 0 radical (unpaired) electrons. The molecule has 1 aromatic heterocycles. The Morgan fingerprint density at radius 2 is 2.19 bits per heavy atom. The van der Waals surface area contributed by atoms with Gasteiger partial charge in [0, 0.05) is 11.3 Å². The van der Waals surface area contributed by atoms with Gasteiger partial charge in [0.1, 0.15) is 5.56 Å². The zero-order valence-corrected chi connectivity index (χ0v) is 12.7. The lowest BCUT2D eigenvalue weighted by Crippen LogP contribution is -2.23. The first-order valence-corrected chi connectivity index (χ1v) is 7.89. The van der Waals surface area contributed by atoms with Crippen LogP contribution in [-0.4, -0.2) is 16.6 Å². The highest BCUT2D eigenvalue weighted by Crippen LogP contribution is 2.14. The molecule has 0 unspecified atom stereocenters. The van der Waals surface area contributed by atoms with E-state index in [9.17, 15) is 9.59 Å². The number of nitrogens with two attached hydrogens (primary N) is 1. The van der Waals surface area contributed by atoms with Crippen LogP contribution in [0.25, 0.3) is 10.9 Å². The number of rotatable bonds is 2. The Morgan fingerprint density at radius 3 is 2.71 bits per heavy atom. The molecule has 3 rings (SSSR count). The molecule has 5 heteroatoms. The topological polar surface area (TPSA) is 76.0 Å². The van der Waals surface area contributed by atoms with Crippen LogP contribution in [0.3, 0.4) is 0 Å². The van der Waals surface area contributed by atoms with E-state index in [0.29, 0.717) is 0 Å². The molecule has 0 fully saturated rings. The fraction of sp³-hybridized carbons (Fsp3) is 0.250. The number of amides is 1. The molecule has 0 saturated carbocycles. The predicted molar refractivity (Wildman–Crippen MR) is 88.7 cm³/mol. The molecule has 0 aliphatic carbocycles. The van der Waals surface area contributed by atoms with Crippen molar-refractivity contribution >= 4 is 28.6 Å². The lowest BCUT2D eigenvalue weighted by Gasteiger charge is -2.02. The van der Waals surface area contributed by atoms with Gasteiger partial charge in [0.2, 0.25) is 0 Å². The molecule has 4 nitrogen and oxygen atoms in total. The maximum Gasteiger partial charge on any atom is 0.261 e. The third kappa shape index (κ3) is 3.98. The van der Waals surface area contributed by atoms with Crippen LogP contribution in [0.1, 0.15) is 29.3 Å². The summed E-state index contributed by atoms with van der Waals surface area (Å²) >= 11 is 1.89. The van der Waals surface area contributed by atoms with Crippen molar-refractivity contribution in [1.29, 1.82) is 0 Å². The van der Waals surface area contributed by atoms with E-state index in [1.54, 1.807) is 0 Å². The molecule has 1 aliphatic rings. The van der Waals surface area contributed by atoms with Crippen LogP contribution in [0.2, 0.25) is 0 Å². The Bertz CT molecular complexity index is 729. The molecule has 1 amide bonds. The number of thioether (sulfide) groups is 1. The Kier molecular flexibility index (Phi) is 5.22. The summed E-state index contributed by atoms with van der Waals surface area (Å²) in [4.78, 5) is 25.2.